The van der Waals surface area contributed by atoms with E-state index in [9.17, 15) is 9.59 Å². The van der Waals surface area contributed by atoms with Crippen molar-refractivity contribution in [2.75, 3.05) is 14.2 Å². The molecule has 0 saturated heterocycles. The Morgan fingerprint density at radius 1 is 1.07 bits per heavy atom. The van der Waals surface area contributed by atoms with Gasteiger partial charge in [0.25, 0.3) is 0 Å². The Morgan fingerprint density at radius 2 is 1.79 bits per heavy atom. The second kappa shape index (κ2) is 8.61. The van der Waals surface area contributed by atoms with Gasteiger partial charge in [0.05, 0.1) is 19.8 Å². The van der Waals surface area contributed by atoms with Gasteiger partial charge >= 0.3 is 5.97 Å². The van der Waals surface area contributed by atoms with Crippen LogP contribution in [0.5, 0.6) is 11.5 Å². The molecule has 0 fully saturated rings. The van der Waals surface area contributed by atoms with E-state index in [1.807, 2.05) is 48.5 Å². The molecule has 1 N–H and O–H groups in total. The molecule has 0 radical (unpaired) electrons. The average molecular weight is 381 g/mol. The first-order chi connectivity index (χ1) is 13.5. The van der Waals surface area contributed by atoms with Crippen molar-refractivity contribution in [3.8, 4) is 11.5 Å². The van der Waals surface area contributed by atoms with Gasteiger partial charge in [0.1, 0.15) is 18.1 Å². The van der Waals surface area contributed by atoms with Crippen LogP contribution in [0.4, 0.5) is 0 Å². The van der Waals surface area contributed by atoms with Gasteiger partial charge in [-0.25, -0.2) is 4.79 Å². The molecule has 0 saturated carbocycles. The van der Waals surface area contributed by atoms with Gasteiger partial charge in [0.2, 0.25) is 5.91 Å². The summed E-state index contributed by atoms with van der Waals surface area (Å²) in [6, 6.07) is 14.7. The van der Waals surface area contributed by atoms with Gasteiger partial charge in [-0.05, 0) is 30.7 Å². The molecule has 146 valence electrons. The van der Waals surface area contributed by atoms with Crippen LogP contribution >= 0.6 is 0 Å². The highest BCUT2D eigenvalue weighted by Crippen LogP contribution is 2.38. The summed E-state index contributed by atoms with van der Waals surface area (Å²) in [4.78, 5) is 25.0. The fourth-order valence-electron chi connectivity index (χ4n) is 3.34. The maximum atomic E-state index is 12.9. The van der Waals surface area contributed by atoms with Gasteiger partial charge in [0, 0.05) is 23.6 Å². The summed E-state index contributed by atoms with van der Waals surface area (Å²) in [6.45, 7) is 1.84. The topological polar surface area (TPSA) is 73.9 Å². The normalized spacial score (nSPS) is 16.4. The lowest BCUT2D eigenvalue weighted by molar-refractivity contribution is -0.141. The molecular weight excluding hydrogens is 358 g/mol. The Morgan fingerprint density at radius 3 is 2.46 bits per heavy atom. The summed E-state index contributed by atoms with van der Waals surface area (Å²) in [5.41, 5.74) is 2.58. The summed E-state index contributed by atoms with van der Waals surface area (Å²) in [6.07, 6.45) is 0.157. The van der Waals surface area contributed by atoms with Crippen LogP contribution in [0, 0.1) is 0 Å². The van der Waals surface area contributed by atoms with Crippen molar-refractivity contribution < 1.29 is 23.8 Å². The smallest absolute Gasteiger partial charge is 0.336 e. The summed E-state index contributed by atoms with van der Waals surface area (Å²) >= 11 is 0. The molecule has 3 rings (SSSR count). The number of rotatable bonds is 6. The van der Waals surface area contributed by atoms with Crippen LogP contribution in [0.2, 0.25) is 0 Å². The highest BCUT2D eigenvalue weighted by molar-refractivity contribution is 5.96. The van der Waals surface area contributed by atoms with E-state index < -0.39 is 11.9 Å². The maximum absolute atomic E-state index is 12.9. The van der Waals surface area contributed by atoms with Crippen molar-refractivity contribution in [2.24, 2.45) is 0 Å². The van der Waals surface area contributed by atoms with Gasteiger partial charge in [0.15, 0.2) is 0 Å². The third-order valence-electron chi connectivity index (χ3n) is 4.73. The minimum absolute atomic E-state index is 0.131. The minimum Gasteiger partial charge on any atom is -0.497 e. The Bertz CT molecular complexity index is 901. The number of para-hydroxylation sites is 1. The molecule has 1 aliphatic rings. The van der Waals surface area contributed by atoms with Crippen molar-refractivity contribution in [1.82, 2.24) is 5.32 Å². The molecule has 28 heavy (non-hydrogen) atoms. The van der Waals surface area contributed by atoms with E-state index in [1.54, 1.807) is 21.1 Å². The van der Waals surface area contributed by atoms with E-state index in [1.165, 1.54) is 0 Å². The number of hydrogen-bond donors (Lipinski definition) is 1. The number of esters is 1. The number of carbonyl (C=O) groups is 2. The standard InChI is InChI=1S/C22H23NO5/c1-14-21(22(25)28-13-15-8-10-16(26-2)11-9-15)18(12-20(24)23-14)17-6-4-5-7-19(17)27-3/h4-11,18H,12-13H2,1-3H3,(H,23,24). The van der Waals surface area contributed by atoms with Crippen LogP contribution in [0.1, 0.15) is 30.4 Å². The van der Waals surface area contributed by atoms with Crippen molar-refractivity contribution in [2.45, 2.75) is 25.9 Å². The first-order valence-corrected chi connectivity index (χ1v) is 8.97. The van der Waals surface area contributed by atoms with Crippen LogP contribution in [-0.2, 0) is 20.9 Å². The number of carbonyl (C=O) groups excluding carboxylic acids is 2. The van der Waals surface area contributed by atoms with Gasteiger partial charge < -0.3 is 19.5 Å². The summed E-state index contributed by atoms with van der Waals surface area (Å²) in [5.74, 6) is 0.355. The first kappa shape index (κ1) is 19.5. The number of allylic oxidation sites excluding steroid dienone is 1. The fraction of sp³-hybridized carbons (Fsp3) is 0.273. The highest BCUT2D eigenvalue weighted by Gasteiger charge is 2.34. The molecule has 6 nitrogen and oxygen atoms in total. The summed E-state index contributed by atoms with van der Waals surface area (Å²) in [7, 11) is 3.17. The minimum atomic E-state index is -0.454. The SMILES string of the molecule is COc1ccc(COC(=O)C2=C(C)NC(=O)CC2c2ccccc2OC)cc1. The van der Waals surface area contributed by atoms with Gasteiger partial charge in [-0.1, -0.05) is 30.3 Å². The predicted octanol–water partition coefficient (Wildman–Crippen LogP) is 3.32. The fourth-order valence-corrected chi connectivity index (χ4v) is 3.34. The summed E-state index contributed by atoms with van der Waals surface area (Å²) in [5, 5.41) is 2.74. The predicted molar refractivity (Wildman–Crippen MR) is 104 cm³/mol. The Labute approximate surface area is 164 Å². The molecule has 0 aromatic heterocycles. The molecule has 0 aliphatic carbocycles. The number of hydrogen-bond acceptors (Lipinski definition) is 5. The van der Waals surface area contributed by atoms with E-state index in [4.69, 9.17) is 14.2 Å². The van der Waals surface area contributed by atoms with Gasteiger partial charge in [-0.3, -0.25) is 4.79 Å². The second-order valence-electron chi connectivity index (χ2n) is 6.51. The van der Waals surface area contributed by atoms with Crippen molar-refractivity contribution in [3.05, 3.63) is 70.9 Å². The Kier molecular flexibility index (Phi) is 5.99. The van der Waals surface area contributed by atoms with E-state index >= 15 is 0 Å². The third-order valence-corrected chi connectivity index (χ3v) is 4.73. The van der Waals surface area contributed by atoms with Gasteiger partial charge in [-0.15, -0.1) is 0 Å². The monoisotopic (exact) mass is 381 g/mol. The van der Waals surface area contributed by atoms with E-state index in [0.717, 1.165) is 16.9 Å². The number of benzene rings is 2. The molecule has 0 spiro atoms. The number of amides is 1. The lowest BCUT2D eigenvalue weighted by Crippen LogP contribution is -2.34. The molecule has 1 unspecified atom stereocenters. The Balaban J connectivity index is 1.84. The molecule has 2 aromatic carbocycles. The zero-order chi connectivity index (χ0) is 20.1. The largest absolute Gasteiger partial charge is 0.497 e. The van der Waals surface area contributed by atoms with Crippen molar-refractivity contribution in [1.29, 1.82) is 0 Å². The molecule has 1 atom stereocenters. The molecule has 1 heterocycles. The maximum Gasteiger partial charge on any atom is 0.336 e. The third kappa shape index (κ3) is 4.17. The van der Waals surface area contributed by atoms with Gasteiger partial charge in [-0.2, -0.15) is 0 Å². The van der Waals surface area contributed by atoms with E-state index in [2.05, 4.69) is 5.32 Å². The quantitative estimate of drug-likeness (QED) is 0.777. The van der Waals surface area contributed by atoms with Crippen molar-refractivity contribution >= 4 is 11.9 Å². The van der Waals surface area contributed by atoms with E-state index in [0.29, 0.717) is 17.0 Å². The van der Waals surface area contributed by atoms with E-state index in [-0.39, 0.29) is 18.9 Å². The second-order valence-corrected chi connectivity index (χ2v) is 6.51. The highest BCUT2D eigenvalue weighted by atomic mass is 16.5. The van der Waals surface area contributed by atoms with Crippen LogP contribution in [-0.4, -0.2) is 26.1 Å². The van der Waals surface area contributed by atoms with Crippen LogP contribution in [0.15, 0.2) is 59.8 Å². The first-order valence-electron chi connectivity index (χ1n) is 8.97. The number of ether oxygens (including phenoxy) is 3. The van der Waals surface area contributed by atoms with Crippen LogP contribution in [0.25, 0.3) is 0 Å². The number of methoxy groups -OCH3 is 2. The van der Waals surface area contributed by atoms with Crippen LogP contribution in [0.3, 0.4) is 0 Å². The number of nitrogens with one attached hydrogen (secondary N) is 1. The molecular formula is C22H23NO5. The average Bonchev–Trinajstić information content (AvgIpc) is 2.71. The molecule has 6 heteroatoms. The van der Waals surface area contributed by atoms with Crippen LogP contribution < -0.4 is 14.8 Å². The molecule has 2 aromatic rings. The Hall–Kier alpha value is -3.28. The molecule has 1 amide bonds. The zero-order valence-corrected chi connectivity index (χ0v) is 16.2. The lowest BCUT2D eigenvalue weighted by Gasteiger charge is -2.27. The van der Waals surface area contributed by atoms with Crippen molar-refractivity contribution in [3.63, 3.8) is 0 Å². The molecule has 0 bridgehead atoms. The summed E-state index contributed by atoms with van der Waals surface area (Å²) < 4.78 is 16.1. The lowest BCUT2D eigenvalue weighted by atomic mass is 9.84. The zero-order valence-electron chi connectivity index (χ0n) is 16.2. The molecule has 1 aliphatic heterocycles.